The summed E-state index contributed by atoms with van der Waals surface area (Å²) in [5.74, 6) is -1.93. The third kappa shape index (κ3) is 5.05. The number of halogens is 5. The van der Waals surface area contributed by atoms with Crippen LogP contribution in [0.3, 0.4) is 0 Å². The predicted octanol–water partition coefficient (Wildman–Crippen LogP) is 3.11. The quantitative estimate of drug-likeness (QED) is 0.812. The smallest absolute Gasteiger partial charge is 0.313 e. The SMILES string of the molecule is CNC(CCN(C)CC(F)(F)F)c1cccc(F)c1F. The van der Waals surface area contributed by atoms with E-state index in [1.165, 1.54) is 19.2 Å². The summed E-state index contributed by atoms with van der Waals surface area (Å²) in [6, 6.07) is 3.25. The Kier molecular flexibility index (Phi) is 5.88. The average molecular weight is 296 g/mol. The molecule has 0 saturated heterocycles. The van der Waals surface area contributed by atoms with Crippen molar-refractivity contribution in [3.8, 4) is 0 Å². The maximum Gasteiger partial charge on any atom is 0.401 e. The highest BCUT2D eigenvalue weighted by molar-refractivity contribution is 5.22. The molecule has 1 atom stereocenters. The van der Waals surface area contributed by atoms with Crippen LogP contribution in [0, 0.1) is 11.6 Å². The van der Waals surface area contributed by atoms with Gasteiger partial charge in [0.1, 0.15) is 0 Å². The molecule has 1 unspecified atom stereocenters. The van der Waals surface area contributed by atoms with Crippen molar-refractivity contribution in [2.45, 2.75) is 18.6 Å². The summed E-state index contributed by atoms with van der Waals surface area (Å²) < 4.78 is 63.3. The number of benzene rings is 1. The molecule has 1 aromatic carbocycles. The summed E-state index contributed by atoms with van der Waals surface area (Å²) in [4.78, 5) is 1.10. The number of hydrogen-bond donors (Lipinski definition) is 1. The minimum atomic E-state index is -4.27. The normalized spacial score (nSPS) is 13.8. The molecule has 0 aliphatic carbocycles. The number of alkyl halides is 3. The number of nitrogens with one attached hydrogen (secondary N) is 1. The van der Waals surface area contributed by atoms with Crippen molar-refractivity contribution in [3.05, 3.63) is 35.4 Å². The van der Waals surface area contributed by atoms with Crippen molar-refractivity contribution in [2.75, 3.05) is 27.2 Å². The second-order valence-electron chi connectivity index (χ2n) is 4.63. The first-order chi connectivity index (χ1) is 9.24. The van der Waals surface area contributed by atoms with Gasteiger partial charge in [0.25, 0.3) is 0 Å². The molecule has 0 amide bonds. The van der Waals surface area contributed by atoms with Crippen LogP contribution in [0.15, 0.2) is 18.2 Å². The zero-order valence-electron chi connectivity index (χ0n) is 11.3. The first-order valence-electron chi connectivity index (χ1n) is 6.11. The second kappa shape index (κ2) is 6.99. The van der Waals surface area contributed by atoms with Crippen LogP contribution >= 0.6 is 0 Å². The summed E-state index contributed by atoms with van der Waals surface area (Å²) >= 11 is 0. The molecule has 1 N–H and O–H groups in total. The highest BCUT2D eigenvalue weighted by atomic mass is 19.4. The Balaban J connectivity index is 2.66. The van der Waals surface area contributed by atoms with Gasteiger partial charge in [0.15, 0.2) is 11.6 Å². The van der Waals surface area contributed by atoms with Gasteiger partial charge in [0.2, 0.25) is 0 Å². The van der Waals surface area contributed by atoms with E-state index in [9.17, 15) is 22.0 Å². The Morgan fingerprint density at radius 3 is 2.45 bits per heavy atom. The summed E-state index contributed by atoms with van der Waals surface area (Å²) in [6.07, 6.45) is -4.03. The van der Waals surface area contributed by atoms with Gasteiger partial charge in [-0.1, -0.05) is 12.1 Å². The van der Waals surface area contributed by atoms with Crippen LogP contribution in [0.25, 0.3) is 0 Å². The van der Waals surface area contributed by atoms with E-state index in [0.717, 1.165) is 11.0 Å². The summed E-state index contributed by atoms with van der Waals surface area (Å²) in [7, 11) is 2.89. The number of hydrogen-bond acceptors (Lipinski definition) is 2. The molecule has 0 saturated carbocycles. The zero-order valence-corrected chi connectivity index (χ0v) is 11.3. The average Bonchev–Trinajstić information content (AvgIpc) is 2.32. The lowest BCUT2D eigenvalue weighted by atomic mass is 10.0. The van der Waals surface area contributed by atoms with Gasteiger partial charge < -0.3 is 5.32 Å². The van der Waals surface area contributed by atoms with Crippen LogP contribution in [0.5, 0.6) is 0 Å². The molecule has 0 bridgehead atoms. The first kappa shape index (κ1) is 16.8. The van der Waals surface area contributed by atoms with Crippen molar-refractivity contribution in [3.63, 3.8) is 0 Å². The molecule has 0 spiro atoms. The zero-order chi connectivity index (χ0) is 15.3. The Morgan fingerprint density at radius 2 is 1.90 bits per heavy atom. The first-order valence-corrected chi connectivity index (χ1v) is 6.11. The number of rotatable bonds is 6. The van der Waals surface area contributed by atoms with Gasteiger partial charge in [-0.2, -0.15) is 13.2 Å². The van der Waals surface area contributed by atoms with Crippen LogP contribution in [0.4, 0.5) is 22.0 Å². The summed E-state index contributed by atoms with van der Waals surface area (Å²) in [5, 5.41) is 2.79. The van der Waals surface area contributed by atoms with Gasteiger partial charge in [-0.15, -0.1) is 0 Å². The third-order valence-electron chi connectivity index (χ3n) is 2.95. The molecule has 0 heterocycles. The molecule has 2 nitrogen and oxygen atoms in total. The molecular formula is C13H17F5N2. The topological polar surface area (TPSA) is 15.3 Å². The van der Waals surface area contributed by atoms with E-state index in [1.807, 2.05) is 0 Å². The maximum absolute atomic E-state index is 13.6. The summed E-state index contributed by atoms with van der Waals surface area (Å²) in [6.45, 7) is -0.921. The van der Waals surface area contributed by atoms with Gasteiger partial charge >= 0.3 is 6.18 Å². The van der Waals surface area contributed by atoms with Crippen LogP contribution < -0.4 is 5.32 Å². The molecule has 0 aliphatic rings. The second-order valence-corrected chi connectivity index (χ2v) is 4.63. The maximum atomic E-state index is 13.6. The molecule has 20 heavy (non-hydrogen) atoms. The van der Waals surface area contributed by atoms with Crippen molar-refractivity contribution >= 4 is 0 Å². The highest BCUT2D eigenvalue weighted by Crippen LogP contribution is 2.22. The fourth-order valence-electron chi connectivity index (χ4n) is 1.98. The van der Waals surface area contributed by atoms with Gasteiger partial charge in [-0.25, -0.2) is 8.78 Å². The Bertz CT molecular complexity index is 433. The van der Waals surface area contributed by atoms with E-state index in [0.29, 0.717) is 0 Å². The predicted molar refractivity (Wildman–Crippen MR) is 66.3 cm³/mol. The van der Waals surface area contributed by atoms with Gasteiger partial charge in [0.05, 0.1) is 6.54 Å². The Morgan fingerprint density at radius 1 is 1.25 bits per heavy atom. The largest absolute Gasteiger partial charge is 0.401 e. The van der Waals surface area contributed by atoms with Gasteiger partial charge in [0, 0.05) is 11.6 Å². The van der Waals surface area contributed by atoms with E-state index >= 15 is 0 Å². The standard InChI is InChI=1S/C13H17F5N2/c1-19-11(6-7-20(2)8-13(16,17)18)9-4-3-5-10(14)12(9)15/h3-5,11,19H,6-8H2,1-2H3. The minimum absolute atomic E-state index is 0.112. The molecular weight excluding hydrogens is 279 g/mol. The van der Waals surface area contributed by atoms with Gasteiger partial charge in [-0.3, -0.25) is 4.90 Å². The van der Waals surface area contributed by atoms with Gasteiger partial charge in [-0.05, 0) is 33.1 Å². The molecule has 0 radical (unpaired) electrons. The molecule has 0 fully saturated rings. The minimum Gasteiger partial charge on any atom is -0.313 e. The molecule has 1 aromatic rings. The fraction of sp³-hybridized carbons (Fsp3) is 0.538. The summed E-state index contributed by atoms with van der Waals surface area (Å²) in [5.41, 5.74) is 0.118. The lowest BCUT2D eigenvalue weighted by Crippen LogP contribution is -2.33. The van der Waals surface area contributed by atoms with Crippen molar-refractivity contribution < 1.29 is 22.0 Å². The van der Waals surface area contributed by atoms with Crippen molar-refractivity contribution in [2.24, 2.45) is 0 Å². The van der Waals surface area contributed by atoms with Crippen LogP contribution in [-0.4, -0.2) is 38.3 Å². The molecule has 114 valence electrons. The Labute approximate surface area is 114 Å². The van der Waals surface area contributed by atoms with Crippen LogP contribution in [0.2, 0.25) is 0 Å². The molecule has 0 aromatic heterocycles. The number of nitrogens with zero attached hydrogens (tertiary/aromatic N) is 1. The molecule has 1 rings (SSSR count). The Hall–Kier alpha value is -1.21. The van der Waals surface area contributed by atoms with Crippen LogP contribution in [-0.2, 0) is 0 Å². The lowest BCUT2D eigenvalue weighted by Gasteiger charge is -2.23. The van der Waals surface area contributed by atoms with E-state index < -0.39 is 30.4 Å². The van der Waals surface area contributed by atoms with E-state index in [1.54, 1.807) is 7.05 Å². The van der Waals surface area contributed by atoms with Crippen LogP contribution in [0.1, 0.15) is 18.0 Å². The van der Waals surface area contributed by atoms with E-state index in [4.69, 9.17) is 0 Å². The highest BCUT2D eigenvalue weighted by Gasteiger charge is 2.29. The van der Waals surface area contributed by atoms with E-state index in [2.05, 4.69) is 5.32 Å². The van der Waals surface area contributed by atoms with E-state index in [-0.39, 0.29) is 18.5 Å². The molecule has 7 heteroatoms. The lowest BCUT2D eigenvalue weighted by molar-refractivity contribution is -0.143. The van der Waals surface area contributed by atoms with Crippen molar-refractivity contribution in [1.82, 2.24) is 10.2 Å². The fourth-order valence-corrected chi connectivity index (χ4v) is 1.98. The monoisotopic (exact) mass is 296 g/mol. The van der Waals surface area contributed by atoms with Crippen molar-refractivity contribution in [1.29, 1.82) is 0 Å². The molecule has 0 aliphatic heterocycles. The third-order valence-corrected chi connectivity index (χ3v) is 2.95.